The van der Waals surface area contributed by atoms with Crippen molar-refractivity contribution < 1.29 is 9.32 Å². The fourth-order valence-electron chi connectivity index (χ4n) is 1.90. The lowest BCUT2D eigenvalue weighted by Crippen LogP contribution is -2.25. The minimum absolute atomic E-state index is 0.215. The number of carbonyl (C=O) groups is 1. The summed E-state index contributed by atoms with van der Waals surface area (Å²) < 4.78 is 5.12. The molecule has 0 spiro atoms. The van der Waals surface area contributed by atoms with Crippen LogP contribution < -0.4 is 5.32 Å². The molecule has 1 amide bonds. The van der Waals surface area contributed by atoms with Gasteiger partial charge in [-0.25, -0.2) is 4.98 Å². The first-order chi connectivity index (χ1) is 11.3. The summed E-state index contributed by atoms with van der Waals surface area (Å²) in [7, 11) is 0. The number of amides is 1. The van der Waals surface area contributed by atoms with E-state index in [2.05, 4.69) is 25.4 Å². The van der Waals surface area contributed by atoms with Crippen LogP contribution in [-0.2, 0) is 12.8 Å². The number of carbonyl (C=O) groups excluding carboxylic acids is 1. The molecule has 0 aliphatic rings. The van der Waals surface area contributed by atoms with E-state index in [-0.39, 0.29) is 5.91 Å². The summed E-state index contributed by atoms with van der Waals surface area (Å²) in [6.45, 7) is 2.45. The second-order valence-corrected chi connectivity index (χ2v) is 5.59. The van der Waals surface area contributed by atoms with Crippen molar-refractivity contribution in [1.82, 2.24) is 25.4 Å². The number of pyridine rings is 1. The molecule has 0 radical (unpaired) electrons. The Bertz CT molecular complexity index is 784. The maximum atomic E-state index is 12.1. The molecule has 8 heteroatoms. The number of rotatable bonds is 6. The minimum Gasteiger partial charge on any atom is -0.350 e. The molecule has 0 aliphatic heterocycles. The van der Waals surface area contributed by atoms with E-state index in [0.29, 0.717) is 41.8 Å². The summed E-state index contributed by atoms with van der Waals surface area (Å²) in [6.07, 6.45) is 3.10. The first kappa shape index (κ1) is 15.3. The molecular formula is C15H15N5O2S. The monoisotopic (exact) mass is 329 g/mol. The molecule has 0 fully saturated rings. The smallest absolute Gasteiger partial charge is 0.280 e. The Hall–Kier alpha value is -2.61. The lowest BCUT2D eigenvalue weighted by atomic mass is 10.3. The van der Waals surface area contributed by atoms with Gasteiger partial charge in [-0.3, -0.25) is 9.78 Å². The van der Waals surface area contributed by atoms with Crippen LogP contribution in [0.5, 0.6) is 0 Å². The predicted octanol–water partition coefficient (Wildman–Crippen LogP) is 2.12. The third-order valence-electron chi connectivity index (χ3n) is 3.09. The molecule has 7 nitrogen and oxygen atoms in total. The number of nitrogens with one attached hydrogen (secondary N) is 1. The van der Waals surface area contributed by atoms with Crippen molar-refractivity contribution in [2.45, 2.75) is 19.8 Å². The van der Waals surface area contributed by atoms with E-state index in [1.54, 1.807) is 11.6 Å². The standard InChI is InChI=1S/C15H15N5O2S/c1-2-12-19-14(22-20-12)11-9-23-15(18-11)13(21)17-8-6-10-5-3-4-7-16-10/h3-5,7,9H,2,6,8H2,1H3,(H,17,21). The van der Waals surface area contributed by atoms with Crippen molar-refractivity contribution in [2.75, 3.05) is 6.54 Å². The number of nitrogens with zero attached hydrogens (tertiary/aromatic N) is 4. The summed E-state index contributed by atoms with van der Waals surface area (Å²) >= 11 is 1.25. The van der Waals surface area contributed by atoms with Crippen LogP contribution in [0, 0.1) is 0 Å². The van der Waals surface area contributed by atoms with Gasteiger partial charge < -0.3 is 9.84 Å². The maximum absolute atomic E-state index is 12.1. The average Bonchev–Trinajstić information content (AvgIpc) is 3.24. The van der Waals surface area contributed by atoms with Crippen molar-refractivity contribution >= 4 is 17.2 Å². The van der Waals surface area contributed by atoms with Gasteiger partial charge in [-0.1, -0.05) is 18.1 Å². The quantitative estimate of drug-likeness (QED) is 0.744. The molecular weight excluding hydrogens is 314 g/mol. The van der Waals surface area contributed by atoms with Crippen molar-refractivity contribution in [3.8, 4) is 11.6 Å². The van der Waals surface area contributed by atoms with E-state index < -0.39 is 0 Å². The van der Waals surface area contributed by atoms with Gasteiger partial charge in [-0.2, -0.15) is 4.98 Å². The van der Waals surface area contributed by atoms with Gasteiger partial charge in [0.1, 0.15) is 5.69 Å². The van der Waals surface area contributed by atoms with Gasteiger partial charge in [0.15, 0.2) is 10.8 Å². The highest BCUT2D eigenvalue weighted by molar-refractivity contribution is 7.12. The van der Waals surface area contributed by atoms with E-state index in [1.807, 2.05) is 25.1 Å². The van der Waals surface area contributed by atoms with E-state index in [1.165, 1.54) is 11.3 Å². The molecule has 3 aromatic rings. The molecule has 0 unspecified atom stereocenters. The number of hydrogen-bond acceptors (Lipinski definition) is 7. The van der Waals surface area contributed by atoms with Gasteiger partial charge in [0.25, 0.3) is 11.8 Å². The topological polar surface area (TPSA) is 93.8 Å². The molecule has 118 valence electrons. The summed E-state index contributed by atoms with van der Waals surface area (Å²) in [6, 6.07) is 5.71. The van der Waals surface area contributed by atoms with Gasteiger partial charge in [0.05, 0.1) is 0 Å². The summed E-state index contributed by atoms with van der Waals surface area (Å²) in [5, 5.41) is 8.76. The van der Waals surface area contributed by atoms with Crippen LogP contribution in [0.25, 0.3) is 11.6 Å². The fourth-order valence-corrected chi connectivity index (χ4v) is 2.61. The Morgan fingerprint density at radius 3 is 3.00 bits per heavy atom. The highest BCUT2D eigenvalue weighted by atomic mass is 32.1. The Balaban J connectivity index is 1.58. The van der Waals surface area contributed by atoms with Crippen LogP contribution in [0.1, 0.15) is 28.2 Å². The van der Waals surface area contributed by atoms with E-state index in [4.69, 9.17) is 4.52 Å². The minimum atomic E-state index is -0.215. The average molecular weight is 329 g/mol. The van der Waals surface area contributed by atoms with Gasteiger partial charge >= 0.3 is 0 Å². The highest BCUT2D eigenvalue weighted by Gasteiger charge is 2.15. The first-order valence-electron chi connectivity index (χ1n) is 7.23. The summed E-state index contributed by atoms with van der Waals surface area (Å²) in [5.41, 5.74) is 1.46. The molecule has 0 aliphatic carbocycles. The lowest BCUT2D eigenvalue weighted by molar-refractivity contribution is 0.0954. The summed E-state index contributed by atoms with van der Waals surface area (Å²) in [5.74, 6) is 0.743. The predicted molar refractivity (Wildman–Crippen MR) is 85.1 cm³/mol. The van der Waals surface area contributed by atoms with Crippen LogP contribution in [0.3, 0.4) is 0 Å². The molecule has 1 N–H and O–H groups in total. The van der Waals surface area contributed by atoms with Crippen LogP contribution in [0.4, 0.5) is 0 Å². The summed E-state index contributed by atoms with van der Waals surface area (Å²) in [4.78, 5) is 24.7. The van der Waals surface area contributed by atoms with Gasteiger partial charge in [-0.05, 0) is 12.1 Å². The molecule has 0 bridgehead atoms. The van der Waals surface area contributed by atoms with Crippen molar-refractivity contribution in [3.05, 3.63) is 46.3 Å². The molecule has 0 aromatic carbocycles. The number of aromatic nitrogens is 4. The van der Waals surface area contributed by atoms with Crippen LogP contribution >= 0.6 is 11.3 Å². The van der Waals surface area contributed by atoms with Gasteiger partial charge in [0.2, 0.25) is 0 Å². The van der Waals surface area contributed by atoms with E-state index >= 15 is 0 Å². The molecule has 0 saturated carbocycles. The highest BCUT2D eigenvalue weighted by Crippen LogP contribution is 2.20. The maximum Gasteiger partial charge on any atom is 0.280 e. The number of hydrogen-bond donors (Lipinski definition) is 1. The Kier molecular flexibility index (Phi) is 4.72. The molecule has 0 saturated heterocycles. The number of aryl methyl sites for hydroxylation is 1. The lowest BCUT2D eigenvalue weighted by Gasteiger charge is -2.02. The second-order valence-electron chi connectivity index (χ2n) is 4.73. The van der Waals surface area contributed by atoms with Crippen LogP contribution in [0.15, 0.2) is 34.3 Å². The van der Waals surface area contributed by atoms with Crippen LogP contribution in [-0.4, -0.2) is 32.6 Å². The number of thiazole rings is 1. The molecule has 0 atom stereocenters. The van der Waals surface area contributed by atoms with Crippen LogP contribution in [0.2, 0.25) is 0 Å². The molecule has 3 heterocycles. The molecule has 3 aromatic heterocycles. The molecule has 23 heavy (non-hydrogen) atoms. The first-order valence-corrected chi connectivity index (χ1v) is 8.11. The Labute approximate surface area is 136 Å². The second kappa shape index (κ2) is 7.10. The largest absolute Gasteiger partial charge is 0.350 e. The van der Waals surface area contributed by atoms with Crippen molar-refractivity contribution in [1.29, 1.82) is 0 Å². The Morgan fingerprint density at radius 2 is 2.26 bits per heavy atom. The SMILES string of the molecule is CCc1noc(-c2csc(C(=O)NCCc3ccccn3)n2)n1. The zero-order valence-corrected chi connectivity index (χ0v) is 13.3. The van der Waals surface area contributed by atoms with Gasteiger partial charge in [0, 0.05) is 36.7 Å². The third kappa shape index (κ3) is 3.78. The zero-order chi connectivity index (χ0) is 16.1. The third-order valence-corrected chi connectivity index (χ3v) is 3.94. The fraction of sp³-hybridized carbons (Fsp3) is 0.267. The van der Waals surface area contributed by atoms with E-state index in [9.17, 15) is 4.79 Å². The Morgan fingerprint density at radius 1 is 1.35 bits per heavy atom. The normalized spacial score (nSPS) is 10.7. The van der Waals surface area contributed by atoms with Crippen molar-refractivity contribution in [3.63, 3.8) is 0 Å². The van der Waals surface area contributed by atoms with Crippen molar-refractivity contribution in [2.24, 2.45) is 0 Å². The van der Waals surface area contributed by atoms with Gasteiger partial charge in [-0.15, -0.1) is 11.3 Å². The van der Waals surface area contributed by atoms with E-state index in [0.717, 1.165) is 5.69 Å². The molecule has 3 rings (SSSR count). The zero-order valence-electron chi connectivity index (χ0n) is 12.5.